The van der Waals surface area contributed by atoms with Gasteiger partial charge >= 0.3 is 0 Å². The maximum Gasteiger partial charge on any atom is 0.228 e. The normalized spacial score (nSPS) is 30.5. The Kier molecular flexibility index (Phi) is 5.66. The number of thioether (sulfide) groups is 1. The highest BCUT2D eigenvalue weighted by molar-refractivity contribution is 8.14. The van der Waals surface area contributed by atoms with Gasteiger partial charge in [-0.05, 0) is 24.1 Å². The lowest BCUT2D eigenvalue weighted by Gasteiger charge is -2.37. The number of nitrogens with zero attached hydrogens (tertiary/aromatic N) is 1. The SMILES string of the molecule is O=C(Nc1ccccc1)[C@H]1C[C@@H](O)[C@H](O)[C@@H]2NC(=NCc3ccccc3)S[C@@H]21. The average molecular weight is 398 g/mol. The van der Waals surface area contributed by atoms with Crippen molar-refractivity contribution in [3.05, 3.63) is 66.2 Å². The summed E-state index contributed by atoms with van der Waals surface area (Å²) in [6.45, 7) is 0.523. The Hall–Kier alpha value is -2.35. The Morgan fingerprint density at radius 1 is 1.11 bits per heavy atom. The summed E-state index contributed by atoms with van der Waals surface area (Å²) in [4.78, 5) is 17.5. The molecule has 1 saturated heterocycles. The third-order valence-electron chi connectivity index (χ3n) is 5.17. The zero-order valence-corrected chi connectivity index (χ0v) is 16.0. The van der Waals surface area contributed by atoms with E-state index in [1.54, 1.807) is 0 Å². The van der Waals surface area contributed by atoms with Crippen LogP contribution in [0.2, 0.25) is 0 Å². The van der Waals surface area contributed by atoms with Crippen molar-refractivity contribution < 1.29 is 15.0 Å². The van der Waals surface area contributed by atoms with E-state index >= 15 is 0 Å². The number of aliphatic imine (C=N–C) groups is 1. The highest BCUT2D eigenvalue weighted by atomic mass is 32.2. The summed E-state index contributed by atoms with van der Waals surface area (Å²) in [6.07, 6.45) is -1.65. The molecule has 4 N–H and O–H groups in total. The molecule has 28 heavy (non-hydrogen) atoms. The highest BCUT2D eigenvalue weighted by Crippen LogP contribution is 2.39. The molecule has 0 spiro atoms. The van der Waals surface area contributed by atoms with E-state index in [0.717, 1.165) is 11.3 Å². The number of fused-ring (bicyclic) bond motifs is 1. The molecule has 1 saturated carbocycles. The molecule has 2 aromatic carbocycles. The van der Waals surface area contributed by atoms with Gasteiger partial charge in [-0.25, -0.2) is 0 Å². The van der Waals surface area contributed by atoms with Crippen molar-refractivity contribution in [2.75, 3.05) is 5.32 Å². The van der Waals surface area contributed by atoms with Crippen LogP contribution in [0.4, 0.5) is 5.69 Å². The average Bonchev–Trinajstić information content (AvgIpc) is 3.15. The number of amidine groups is 1. The van der Waals surface area contributed by atoms with Gasteiger partial charge < -0.3 is 20.8 Å². The minimum atomic E-state index is -0.950. The number of hydrogen-bond acceptors (Lipinski definition) is 5. The van der Waals surface area contributed by atoms with Crippen molar-refractivity contribution in [2.24, 2.45) is 10.9 Å². The molecule has 146 valence electrons. The van der Waals surface area contributed by atoms with Gasteiger partial charge in [0.15, 0.2) is 5.17 Å². The summed E-state index contributed by atoms with van der Waals surface area (Å²) < 4.78 is 0. The monoisotopic (exact) mass is 397 g/mol. The summed E-state index contributed by atoms with van der Waals surface area (Å²) in [5, 5.41) is 27.4. The Morgan fingerprint density at radius 2 is 1.79 bits per heavy atom. The maximum absolute atomic E-state index is 12.9. The first-order chi connectivity index (χ1) is 13.6. The number of anilines is 1. The van der Waals surface area contributed by atoms with E-state index in [9.17, 15) is 15.0 Å². The van der Waals surface area contributed by atoms with Crippen LogP contribution < -0.4 is 10.6 Å². The molecule has 0 unspecified atom stereocenters. The van der Waals surface area contributed by atoms with E-state index in [-0.39, 0.29) is 17.6 Å². The van der Waals surface area contributed by atoms with E-state index in [2.05, 4.69) is 15.6 Å². The molecule has 6 nitrogen and oxygen atoms in total. The molecule has 1 aliphatic heterocycles. The van der Waals surface area contributed by atoms with Crippen LogP contribution in [0.25, 0.3) is 0 Å². The van der Waals surface area contributed by atoms with Crippen molar-refractivity contribution in [1.82, 2.24) is 5.32 Å². The van der Waals surface area contributed by atoms with E-state index in [1.165, 1.54) is 11.8 Å². The van der Waals surface area contributed by atoms with Crippen LogP contribution in [0.15, 0.2) is 65.7 Å². The van der Waals surface area contributed by atoms with Crippen LogP contribution in [0.1, 0.15) is 12.0 Å². The first kappa shape index (κ1) is 19.0. The number of hydrogen-bond donors (Lipinski definition) is 4. The second-order valence-corrected chi connectivity index (χ2v) is 8.28. The fourth-order valence-electron chi connectivity index (χ4n) is 3.69. The number of carbonyl (C=O) groups is 1. The van der Waals surface area contributed by atoms with Crippen LogP contribution in [0, 0.1) is 5.92 Å². The first-order valence-electron chi connectivity index (χ1n) is 9.35. The van der Waals surface area contributed by atoms with E-state index in [4.69, 9.17) is 0 Å². The predicted octanol–water partition coefficient (Wildman–Crippen LogP) is 2.00. The molecular weight excluding hydrogens is 374 g/mol. The molecule has 0 radical (unpaired) electrons. The predicted molar refractivity (Wildman–Crippen MR) is 111 cm³/mol. The second-order valence-electron chi connectivity index (χ2n) is 7.11. The minimum absolute atomic E-state index is 0.147. The van der Waals surface area contributed by atoms with Gasteiger partial charge in [0, 0.05) is 10.9 Å². The molecule has 2 aliphatic rings. The summed E-state index contributed by atoms with van der Waals surface area (Å²) in [7, 11) is 0. The van der Waals surface area contributed by atoms with Crippen LogP contribution >= 0.6 is 11.8 Å². The van der Waals surface area contributed by atoms with Crippen molar-refractivity contribution >= 4 is 28.5 Å². The van der Waals surface area contributed by atoms with Crippen LogP contribution in [0.5, 0.6) is 0 Å². The third-order valence-corrected chi connectivity index (χ3v) is 6.54. The lowest BCUT2D eigenvalue weighted by molar-refractivity contribution is -0.124. The van der Waals surface area contributed by atoms with Gasteiger partial charge in [0.05, 0.1) is 24.6 Å². The van der Waals surface area contributed by atoms with Crippen LogP contribution in [-0.4, -0.2) is 44.8 Å². The number of amides is 1. The fraction of sp³-hybridized carbons (Fsp3) is 0.333. The number of aliphatic hydroxyl groups excluding tert-OH is 2. The maximum atomic E-state index is 12.9. The fourth-order valence-corrected chi connectivity index (χ4v) is 5.06. The molecule has 0 bridgehead atoms. The number of rotatable bonds is 4. The number of benzene rings is 2. The molecule has 5 atom stereocenters. The smallest absolute Gasteiger partial charge is 0.228 e. The summed E-state index contributed by atoms with van der Waals surface area (Å²) >= 11 is 1.47. The van der Waals surface area contributed by atoms with Gasteiger partial charge in [-0.15, -0.1) is 0 Å². The summed E-state index contributed by atoms with van der Waals surface area (Å²) in [5.41, 5.74) is 1.81. The van der Waals surface area contributed by atoms with Crippen molar-refractivity contribution in [3.8, 4) is 0 Å². The molecule has 1 aliphatic carbocycles. The summed E-state index contributed by atoms with van der Waals surface area (Å²) in [5.74, 6) is -0.573. The lowest BCUT2D eigenvalue weighted by atomic mass is 9.81. The number of carbonyl (C=O) groups excluding carboxylic acids is 1. The van der Waals surface area contributed by atoms with Crippen molar-refractivity contribution in [2.45, 2.75) is 36.5 Å². The van der Waals surface area contributed by atoms with E-state index in [0.29, 0.717) is 11.7 Å². The standard InChI is InChI=1S/C21H23N3O3S/c25-16-11-15(20(27)23-14-9-5-2-6-10-14)19-17(18(16)26)24-21(28-19)22-12-13-7-3-1-4-8-13/h1-10,15-19,25-26H,11-12H2,(H,22,24)(H,23,27)/t15-,16+,17-,18-,19+/m0/s1. The van der Waals surface area contributed by atoms with Gasteiger partial charge in [0.1, 0.15) is 6.10 Å². The number of nitrogens with one attached hydrogen (secondary N) is 2. The first-order valence-corrected chi connectivity index (χ1v) is 10.2. The molecular formula is C21H23N3O3S. The lowest BCUT2D eigenvalue weighted by Crippen LogP contribution is -2.57. The topological polar surface area (TPSA) is 94.0 Å². The van der Waals surface area contributed by atoms with Crippen molar-refractivity contribution in [1.29, 1.82) is 0 Å². The summed E-state index contributed by atoms with van der Waals surface area (Å²) in [6, 6.07) is 18.8. The molecule has 2 fully saturated rings. The Labute approximate surface area is 168 Å². The number of aliphatic hydroxyl groups is 2. The molecule has 4 rings (SSSR count). The van der Waals surface area contributed by atoms with Gasteiger partial charge in [-0.2, -0.15) is 0 Å². The van der Waals surface area contributed by atoms with E-state index < -0.39 is 24.2 Å². The third kappa shape index (κ3) is 4.06. The Balaban J connectivity index is 1.49. The number of para-hydroxylation sites is 1. The van der Waals surface area contributed by atoms with Gasteiger partial charge in [0.25, 0.3) is 0 Å². The molecule has 1 amide bonds. The van der Waals surface area contributed by atoms with Crippen LogP contribution in [0.3, 0.4) is 0 Å². The zero-order valence-electron chi connectivity index (χ0n) is 15.2. The molecule has 0 aromatic heterocycles. The quantitative estimate of drug-likeness (QED) is 0.633. The molecule has 2 aromatic rings. The van der Waals surface area contributed by atoms with Gasteiger partial charge in [0.2, 0.25) is 5.91 Å². The second kappa shape index (κ2) is 8.34. The molecule has 1 heterocycles. The van der Waals surface area contributed by atoms with Gasteiger partial charge in [-0.3, -0.25) is 9.79 Å². The zero-order chi connectivity index (χ0) is 19.5. The molecule has 7 heteroatoms. The Bertz CT molecular complexity index is 846. The largest absolute Gasteiger partial charge is 0.390 e. The van der Waals surface area contributed by atoms with E-state index in [1.807, 2.05) is 60.7 Å². The van der Waals surface area contributed by atoms with Crippen LogP contribution in [-0.2, 0) is 11.3 Å². The highest BCUT2D eigenvalue weighted by Gasteiger charge is 2.50. The van der Waals surface area contributed by atoms with Gasteiger partial charge in [-0.1, -0.05) is 60.3 Å². The van der Waals surface area contributed by atoms with Crippen molar-refractivity contribution in [3.63, 3.8) is 0 Å². The Morgan fingerprint density at radius 3 is 2.50 bits per heavy atom. The minimum Gasteiger partial charge on any atom is -0.390 e.